The monoisotopic (exact) mass is 930 g/mol. The van der Waals surface area contributed by atoms with Crippen molar-refractivity contribution in [3.63, 3.8) is 0 Å². The molecular formula is C70H46N2O. The number of hydrogen-bond acceptors (Lipinski definition) is 2. The SMILES string of the molecule is CC1(C)c2ccccc2-c2c3c(cc(-n4c5ccccc5c5cc(N(c6ccc(-c7ccccc7)cc6)c6cccc7c6oc6ccccc67)ccc54)c21)C1(c2ccccc2-c2ccccc21)c1ccccc1-3. The number of hydrogen-bond donors (Lipinski definition) is 0. The summed E-state index contributed by atoms with van der Waals surface area (Å²) in [6, 6.07) is 90.0. The van der Waals surface area contributed by atoms with Gasteiger partial charge in [-0.3, -0.25) is 0 Å². The molecule has 0 aliphatic heterocycles. The number of furan rings is 1. The molecule has 0 bridgehead atoms. The zero-order valence-corrected chi connectivity index (χ0v) is 40.4. The van der Waals surface area contributed by atoms with Gasteiger partial charge in [0, 0.05) is 38.3 Å². The van der Waals surface area contributed by atoms with Crippen molar-refractivity contribution < 1.29 is 4.42 Å². The van der Waals surface area contributed by atoms with Crippen LogP contribution in [0.1, 0.15) is 47.2 Å². The molecule has 0 fully saturated rings. The zero-order valence-electron chi connectivity index (χ0n) is 40.4. The molecule has 342 valence electrons. The molecule has 13 aromatic rings. The summed E-state index contributed by atoms with van der Waals surface area (Å²) < 4.78 is 9.41. The van der Waals surface area contributed by atoms with Gasteiger partial charge < -0.3 is 13.9 Å². The zero-order chi connectivity index (χ0) is 48.2. The molecule has 0 atom stereocenters. The average molecular weight is 931 g/mol. The fourth-order valence-corrected chi connectivity index (χ4v) is 13.8. The molecule has 3 heteroatoms. The normalized spacial score (nSPS) is 14.1. The van der Waals surface area contributed by atoms with Crippen LogP contribution in [0.5, 0.6) is 0 Å². The second kappa shape index (κ2) is 14.7. The van der Waals surface area contributed by atoms with Crippen molar-refractivity contribution in [1.82, 2.24) is 4.57 Å². The van der Waals surface area contributed by atoms with Crippen LogP contribution in [0, 0.1) is 0 Å². The fraction of sp³-hybridized carbons (Fsp3) is 0.0571. The van der Waals surface area contributed by atoms with Crippen LogP contribution in [0.15, 0.2) is 247 Å². The van der Waals surface area contributed by atoms with Crippen molar-refractivity contribution in [2.24, 2.45) is 0 Å². The maximum Gasteiger partial charge on any atom is 0.159 e. The summed E-state index contributed by atoms with van der Waals surface area (Å²) in [6.45, 7) is 4.88. The molecule has 0 amide bonds. The molecule has 0 unspecified atom stereocenters. The Kier molecular flexibility index (Phi) is 8.16. The lowest BCUT2D eigenvalue weighted by molar-refractivity contribution is 0.656. The van der Waals surface area contributed by atoms with Crippen molar-refractivity contribution in [3.8, 4) is 50.2 Å². The summed E-state index contributed by atoms with van der Waals surface area (Å²) in [5, 5.41) is 4.60. The molecule has 3 aliphatic carbocycles. The highest BCUT2D eigenvalue weighted by atomic mass is 16.3. The first kappa shape index (κ1) is 40.5. The summed E-state index contributed by atoms with van der Waals surface area (Å²) in [5.74, 6) is 0. The van der Waals surface area contributed by atoms with E-state index in [1.165, 1.54) is 99.9 Å². The highest BCUT2D eigenvalue weighted by molar-refractivity contribution is 6.14. The van der Waals surface area contributed by atoms with Crippen molar-refractivity contribution in [3.05, 3.63) is 276 Å². The fourth-order valence-electron chi connectivity index (χ4n) is 13.8. The molecule has 3 aliphatic rings. The molecule has 2 heterocycles. The number of anilines is 3. The van der Waals surface area contributed by atoms with Crippen LogP contribution >= 0.6 is 0 Å². The van der Waals surface area contributed by atoms with E-state index in [1.54, 1.807) is 0 Å². The van der Waals surface area contributed by atoms with Gasteiger partial charge in [0.2, 0.25) is 0 Å². The Morgan fingerprint density at radius 1 is 0.384 bits per heavy atom. The van der Waals surface area contributed by atoms with Gasteiger partial charge in [0.1, 0.15) is 5.58 Å². The first-order chi connectivity index (χ1) is 36.0. The van der Waals surface area contributed by atoms with Gasteiger partial charge in [-0.1, -0.05) is 202 Å². The van der Waals surface area contributed by atoms with E-state index in [0.29, 0.717) is 0 Å². The smallest absolute Gasteiger partial charge is 0.159 e. The Bertz CT molecular complexity index is 4430. The molecule has 2 aromatic heterocycles. The molecule has 0 radical (unpaired) electrons. The van der Waals surface area contributed by atoms with Crippen LogP contribution < -0.4 is 4.90 Å². The quantitative estimate of drug-likeness (QED) is 0.171. The van der Waals surface area contributed by atoms with Crippen molar-refractivity contribution in [1.29, 1.82) is 0 Å². The third-order valence-corrected chi connectivity index (χ3v) is 16.8. The minimum atomic E-state index is -0.509. The third kappa shape index (κ3) is 5.28. The maximum absolute atomic E-state index is 6.81. The minimum absolute atomic E-state index is 0.307. The van der Waals surface area contributed by atoms with Gasteiger partial charge in [-0.2, -0.15) is 0 Å². The molecule has 0 saturated heterocycles. The molecule has 0 N–H and O–H groups in total. The van der Waals surface area contributed by atoms with E-state index in [-0.39, 0.29) is 5.41 Å². The van der Waals surface area contributed by atoms with Crippen LogP contribution in [-0.2, 0) is 10.8 Å². The number of nitrogens with zero attached hydrogens (tertiary/aromatic N) is 2. The van der Waals surface area contributed by atoms with E-state index in [0.717, 1.165) is 44.5 Å². The van der Waals surface area contributed by atoms with E-state index in [1.807, 2.05) is 0 Å². The van der Waals surface area contributed by atoms with Gasteiger partial charge in [-0.25, -0.2) is 0 Å². The lowest BCUT2D eigenvalue weighted by Gasteiger charge is -2.32. The van der Waals surface area contributed by atoms with Crippen LogP contribution in [0.2, 0.25) is 0 Å². The molecule has 11 aromatic carbocycles. The summed E-state index contributed by atoms with van der Waals surface area (Å²) in [6.07, 6.45) is 0. The Morgan fingerprint density at radius 3 is 1.67 bits per heavy atom. The molecule has 0 saturated carbocycles. The van der Waals surface area contributed by atoms with Gasteiger partial charge in [-0.05, 0) is 132 Å². The van der Waals surface area contributed by atoms with Crippen LogP contribution in [-0.4, -0.2) is 4.57 Å². The highest BCUT2D eigenvalue weighted by Gasteiger charge is 2.54. The second-order valence-corrected chi connectivity index (χ2v) is 20.7. The highest BCUT2D eigenvalue weighted by Crippen LogP contribution is 2.67. The van der Waals surface area contributed by atoms with Gasteiger partial charge >= 0.3 is 0 Å². The van der Waals surface area contributed by atoms with E-state index < -0.39 is 5.41 Å². The summed E-state index contributed by atoms with van der Waals surface area (Å²) in [5.41, 5.74) is 26.0. The number of para-hydroxylation sites is 3. The van der Waals surface area contributed by atoms with Crippen LogP contribution in [0.25, 0.3) is 93.9 Å². The van der Waals surface area contributed by atoms with E-state index in [4.69, 9.17) is 4.42 Å². The lowest BCUT2D eigenvalue weighted by Crippen LogP contribution is -2.26. The largest absolute Gasteiger partial charge is 0.454 e. The van der Waals surface area contributed by atoms with Gasteiger partial charge in [0.05, 0.1) is 27.8 Å². The predicted molar refractivity (Wildman–Crippen MR) is 302 cm³/mol. The van der Waals surface area contributed by atoms with Crippen molar-refractivity contribution in [2.75, 3.05) is 4.90 Å². The van der Waals surface area contributed by atoms with Gasteiger partial charge in [0.25, 0.3) is 0 Å². The first-order valence-corrected chi connectivity index (χ1v) is 25.5. The molecule has 73 heavy (non-hydrogen) atoms. The average Bonchev–Trinajstić information content (AvgIpc) is 4.22. The molecule has 16 rings (SSSR count). The van der Waals surface area contributed by atoms with Crippen LogP contribution in [0.4, 0.5) is 17.1 Å². The van der Waals surface area contributed by atoms with Crippen molar-refractivity contribution in [2.45, 2.75) is 24.7 Å². The maximum atomic E-state index is 6.81. The Labute approximate surface area is 423 Å². The number of aromatic nitrogens is 1. The van der Waals surface area contributed by atoms with E-state index >= 15 is 0 Å². The van der Waals surface area contributed by atoms with E-state index in [2.05, 4.69) is 266 Å². The predicted octanol–water partition coefficient (Wildman–Crippen LogP) is 18.5. The summed E-state index contributed by atoms with van der Waals surface area (Å²) in [4.78, 5) is 2.38. The third-order valence-electron chi connectivity index (χ3n) is 16.8. The Hall–Kier alpha value is -9.18. The summed E-state index contributed by atoms with van der Waals surface area (Å²) >= 11 is 0. The summed E-state index contributed by atoms with van der Waals surface area (Å²) in [7, 11) is 0. The van der Waals surface area contributed by atoms with E-state index in [9.17, 15) is 0 Å². The molecule has 3 nitrogen and oxygen atoms in total. The van der Waals surface area contributed by atoms with Gasteiger partial charge in [-0.15, -0.1) is 0 Å². The van der Waals surface area contributed by atoms with Crippen LogP contribution in [0.3, 0.4) is 0 Å². The van der Waals surface area contributed by atoms with Gasteiger partial charge in [0.15, 0.2) is 5.58 Å². The molecule has 1 spiro atoms. The topological polar surface area (TPSA) is 21.3 Å². The van der Waals surface area contributed by atoms with Crippen molar-refractivity contribution >= 4 is 60.8 Å². The Balaban J connectivity index is 0.987. The first-order valence-electron chi connectivity index (χ1n) is 25.5. The Morgan fingerprint density at radius 2 is 0.932 bits per heavy atom. The second-order valence-electron chi connectivity index (χ2n) is 20.7. The standard InChI is InChI=1S/C70H46N2O/c1-69(2)55-28-12-8-25-52(55)66-65-53-26-9-15-31-58(53)70(56-29-13-6-21-47(56)48-22-7-14-30-57(48)70)59(65)42-63(67(66)69)72-60-32-16-10-23-49(60)54-41-46(39-40-61(54)72)71(45-37-35-44(36-38-45)43-19-4-3-5-20-43)62-33-18-27-51-50-24-11-17-34-64(50)73-68(51)62/h3-42H,1-2H3. The molecular weight excluding hydrogens is 885 g/mol. The lowest BCUT2D eigenvalue weighted by atomic mass is 9.70. The minimum Gasteiger partial charge on any atom is -0.454 e. The number of rotatable bonds is 5. The number of fused-ring (bicyclic) bond motifs is 20. The number of benzene rings is 11.